The quantitative estimate of drug-likeness (QED) is 0.330. The maximum absolute atomic E-state index is 12.6. The van der Waals surface area contributed by atoms with Crippen molar-refractivity contribution in [1.82, 2.24) is 20.2 Å². The Morgan fingerprint density at radius 2 is 2.03 bits per heavy atom. The average Bonchev–Trinajstić information content (AvgIpc) is 3.50. The number of thioether (sulfide) groups is 1. The smallest absolute Gasteiger partial charge is 0.221 e. The van der Waals surface area contributed by atoms with Crippen LogP contribution in [-0.4, -0.2) is 26.5 Å². The Bertz CT molecular complexity index is 1050. The van der Waals surface area contributed by atoms with E-state index in [1.165, 1.54) is 16.4 Å². The number of nitrogens with one attached hydrogen (secondary N) is 1. The molecule has 148 valence electrons. The first kappa shape index (κ1) is 19.3. The lowest BCUT2D eigenvalue weighted by molar-refractivity contribution is -0.121. The van der Waals surface area contributed by atoms with Crippen LogP contribution in [0.1, 0.15) is 22.9 Å². The zero-order valence-electron chi connectivity index (χ0n) is 15.4. The number of aromatic nitrogens is 3. The fraction of sp³-hybridized carbons (Fsp3) is 0.150. The third kappa shape index (κ3) is 4.52. The van der Waals surface area contributed by atoms with E-state index in [2.05, 4.69) is 15.5 Å². The van der Waals surface area contributed by atoms with Gasteiger partial charge in [0.05, 0.1) is 12.3 Å². The Hall–Kier alpha value is -3.04. The number of furan rings is 1. The van der Waals surface area contributed by atoms with Crippen LogP contribution in [0.2, 0.25) is 0 Å². The van der Waals surface area contributed by atoms with E-state index in [1.807, 2.05) is 47.8 Å². The second-order valence-corrected chi connectivity index (χ2v) is 8.22. The largest absolute Gasteiger partial charge is 0.461 e. The van der Waals surface area contributed by atoms with Gasteiger partial charge < -0.3 is 15.6 Å². The van der Waals surface area contributed by atoms with Crippen molar-refractivity contribution in [1.29, 1.82) is 0 Å². The number of amides is 1. The summed E-state index contributed by atoms with van der Waals surface area (Å²) >= 11 is 3.00. The van der Waals surface area contributed by atoms with Crippen molar-refractivity contribution in [3.63, 3.8) is 0 Å². The van der Waals surface area contributed by atoms with Gasteiger partial charge >= 0.3 is 0 Å². The molecule has 0 aliphatic heterocycles. The van der Waals surface area contributed by atoms with Gasteiger partial charge in [0.2, 0.25) is 16.9 Å². The zero-order valence-corrected chi connectivity index (χ0v) is 17.0. The summed E-state index contributed by atoms with van der Waals surface area (Å²) in [5, 5.41) is 13.8. The van der Waals surface area contributed by atoms with Crippen LogP contribution in [0.5, 0.6) is 0 Å². The van der Waals surface area contributed by atoms with Crippen LogP contribution >= 0.6 is 23.1 Å². The predicted molar refractivity (Wildman–Crippen MR) is 114 cm³/mol. The molecule has 1 unspecified atom stereocenters. The number of hydrogen-bond acceptors (Lipinski definition) is 7. The first-order chi connectivity index (χ1) is 14.2. The molecule has 1 atom stereocenters. The van der Waals surface area contributed by atoms with Crippen molar-refractivity contribution in [3.05, 3.63) is 76.7 Å². The number of nitrogen functional groups attached to an aromatic ring is 1. The minimum Gasteiger partial charge on any atom is -0.461 e. The Kier molecular flexibility index (Phi) is 5.97. The molecule has 0 aliphatic carbocycles. The minimum absolute atomic E-state index is 0.0332. The van der Waals surface area contributed by atoms with Crippen LogP contribution < -0.4 is 11.2 Å². The maximum atomic E-state index is 12.6. The highest BCUT2D eigenvalue weighted by Gasteiger charge is 2.18. The molecule has 4 aromatic rings. The lowest BCUT2D eigenvalue weighted by atomic mass is 10.1. The van der Waals surface area contributed by atoms with E-state index >= 15 is 0 Å². The zero-order chi connectivity index (χ0) is 20.1. The van der Waals surface area contributed by atoms with Gasteiger partial charge in [0, 0.05) is 17.1 Å². The fourth-order valence-corrected chi connectivity index (χ4v) is 4.43. The van der Waals surface area contributed by atoms with Crippen molar-refractivity contribution in [2.75, 3.05) is 11.6 Å². The van der Waals surface area contributed by atoms with Crippen molar-refractivity contribution < 1.29 is 9.21 Å². The number of benzene rings is 1. The summed E-state index contributed by atoms with van der Waals surface area (Å²) in [5.74, 6) is 7.54. The molecule has 1 amide bonds. The average molecular weight is 426 g/mol. The van der Waals surface area contributed by atoms with Crippen LogP contribution in [0.4, 0.5) is 0 Å². The van der Waals surface area contributed by atoms with Crippen molar-refractivity contribution >= 4 is 29.0 Å². The van der Waals surface area contributed by atoms with Crippen molar-refractivity contribution in [2.24, 2.45) is 0 Å². The molecule has 7 nitrogen and oxygen atoms in total. The number of nitrogens with zero attached hydrogens (tertiary/aromatic N) is 3. The number of hydrogen-bond donors (Lipinski definition) is 2. The van der Waals surface area contributed by atoms with Gasteiger partial charge in [-0.05, 0) is 29.1 Å². The third-order valence-corrected chi connectivity index (χ3v) is 6.11. The van der Waals surface area contributed by atoms with E-state index in [1.54, 1.807) is 29.7 Å². The normalized spacial score (nSPS) is 12.0. The van der Waals surface area contributed by atoms with E-state index in [4.69, 9.17) is 10.3 Å². The Labute approximate surface area is 175 Å². The Morgan fingerprint density at radius 1 is 1.17 bits per heavy atom. The first-order valence-electron chi connectivity index (χ1n) is 8.97. The molecule has 0 saturated heterocycles. The molecule has 0 spiro atoms. The van der Waals surface area contributed by atoms with Crippen LogP contribution in [-0.2, 0) is 4.79 Å². The Morgan fingerprint density at radius 3 is 2.76 bits per heavy atom. The number of carbonyl (C=O) groups excluding carboxylic acids is 1. The number of thiophene rings is 1. The van der Waals surface area contributed by atoms with Crippen molar-refractivity contribution in [2.45, 2.75) is 17.6 Å². The molecule has 9 heteroatoms. The standard InChI is InChI=1S/C20H19N5O2S2/c21-25-19(15-8-4-11-27-15)23-24-20(25)29-13-10-17(26)22-18(16-9-5-12-28-16)14-6-2-1-3-7-14/h1-9,11-12,18H,10,13,21H2,(H,22,26). The second kappa shape index (κ2) is 8.97. The molecule has 3 N–H and O–H groups in total. The maximum Gasteiger partial charge on any atom is 0.221 e. The lowest BCUT2D eigenvalue weighted by Crippen LogP contribution is -2.29. The second-order valence-electron chi connectivity index (χ2n) is 6.18. The molecule has 1 aromatic carbocycles. The SMILES string of the molecule is Nn1c(SCCC(=O)NC(c2ccccc2)c2cccs2)nnc1-c1ccco1. The molecular formula is C20H19N5O2S2. The highest BCUT2D eigenvalue weighted by atomic mass is 32.2. The van der Waals surface area contributed by atoms with Gasteiger partial charge in [0.15, 0.2) is 5.76 Å². The van der Waals surface area contributed by atoms with E-state index in [9.17, 15) is 4.79 Å². The molecular weight excluding hydrogens is 406 g/mol. The fourth-order valence-electron chi connectivity index (χ4n) is 2.84. The molecule has 29 heavy (non-hydrogen) atoms. The van der Waals surface area contributed by atoms with Crippen LogP contribution in [0, 0.1) is 0 Å². The lowest BCUT2D eigenvalue weighted by Gasteiger charge is -2.18. The van der Waals surface area contributed by atoms with Crippen molar-refractivity contribution in [3.8, 4) is 11.6 Å². The van der Waals surface area contributed by atoms with E-state index in [-0.39, 0.29) is 11.9 Å². The number of carbonyl (C=O) groups is 1. The highest BCUT2D eigenvalue weighted by molar-refractivity contribution is 7.99. The molecule has 0 bridgehead atoms. The minimum atomic E-state index is -0.155. The molecule has 0 fully saturated rings. The first-order valence-corrected chi connectivity index (χ1v) is 10.8. The highest BCUT2D eigenvalue weighted by Crippen LogP contribution is 2.26. The number of rotatable bonds is 8. The van der Waals surface area contributed by atoms with Crippen LogP contribution in [0.25, 0.3) is 11.6 Å². The predicted octanol–water partition coefficient (Wildman–Crippen LogP) is 3.70. The summed E-state index contributed by atoms with van der Waals surface area (Å²) in [7, 11) is 0. The van der Waals surface area contributed by atoms with E-state index in [0.717, 1.165) is 10.4 Å². The van der Waals surface area contributed by atoms with Gasteiger partial charge in [0.25, 0.3) is 0 Å². The topological polar surface area (TPSA) is 99.0 Å². The van der Waals surface area contributed by atoms with Gasteiger partial charge in [-0.3, -0.25) is 4.79 Å². The van der Waals surface area contributed by atoms with Gasteiger partial charge in [0.1, 0.15) is 0 Å². The number of nitrogens with two attached hydrogens (primary N) is 1. The van der Waals surface area contributed by atoms with Crippen LogP contribution in [0.15, 0.2) is 75.8 Å². The third-order valence-electron chi connectivity index (χ3n) is 4.23. The molecule has 0 saturated carbocycles. The summed E-state index contributed by atoms with van der Waals surface area (Å²) in [6, 6.07) is 17.4. The summed E-state index contributed by atoms with van der Waals surface area (Å²) in [6.07, 6.45) is 1.89. The van der Waals surface area contributed by atoms with Gasteiger partial charge in [-0.2, -0.15) is 0 Å². The monoisotopic (exact) mass is 425 g/mol. The summed E-state index contributed by atoms with van der Waals surface area (Å²) in [6.45, 7) is 0. The van der Waals surface area contributed by atoms with Gasteiger partial charge in [-0.1, -0.05) is 48.2 Å². The van der Waals surface area contributed by atoms with Crippen LogP contribution in [0.3, 0.4) is 0 Å². The Balaban J connectivity index is 1.36. The molecule has 3 aromatic heterocycles. The molecule has 3 heterocycles. The van der Waals surface area contributed by atoms with E-state index in [0.29, 0.717) is 28.9 Å². The molecule has 4 rings (SSSR count). The summed E-state index contributed by atoms with van der Waals surface area (Å²) in [5.41, 5.74) is 1.06. The molecule has 0 aliphatic rings. The van der Waals surface area contributed by atoms with Gasteiger partial charge in [-0.15, -0.1) is 21.5 Å². The van der Waals surface area contributed by atoms with Gasteiger partial charge in [-0.25, -0.2) is 4.68 Å². The summed E-state index contributed by atoms with van der Waals surface area (Å²) in [4.78, 5) is 13.7. The summed E-state index contributed by atoms with van der Waals surface area (Å²) < 4.78 is 6.68. The van der Waals surface area contributed by atoms with E-state index < -0.39 is 0 Å². The molecule has 0 radical (unpaired) electrons.